The summed E-state index contributed by atoms with van der Waals surface area (Å²) in [4.78, 5) is 23.7. The van der Waals surface area contributed by atoms with E-state index < -0.39 is 23.9 Å². The molecular weight excluding hydrogens is 547 g/mol. The van der Waals surface area contributed by atoms with Crippen molar-refractivity contribution in [2.45, 2.75) is 77.6 Å². The number of aliphatic hydroxyl groups excluding tert-OH is 1. The van der Waals surface area contributed by atoms with Crippen LogP contribution in [0.3, 0.4) is 0 Å². The predicted molar refractivity (Wildman–Crippen MR) is 157 cm³/mol. The zero-order valence-corrected chi connectivity index (χ0v) is 25.0. The van der Waals surface area contributed by atoms with Gasteiger partial charge < -0.3 is 25.8 Å². The number of aliphatic hydroxyl groups is 1. The number of nitrogens with two attached hydrogens (primary N) is 1. The number of nitrogen functional groups attached to an aromatic ring is 1. The first-order chi connectivity index (χ1) is 19.7. The summed E-state index contributed by atoms with van der Waals surface area (Å²) in [6.45, 7) is 6.96. The number of nitrogens with one attached hydrogen (secondary N) is 1. The molecule has 2 atom stereocenters. The number of aryl methyl sites for hydroxylation is 1. The van der Waals surface area contributed by atoms with Crippen LogP contribution in [0.5, 0.6) is 5.75 Å². The van der Waals surface area contributed by atoms with Gasteiger partial charge in [-0.3, -0.25) is 4.79 Å². The summed E-state index contributed by atoms with van der Waals surface area (Å²) < 4.78 is 46.8. The average Bonchev–Trinajstić information content (AvgIpc) is 2.92. The lowest BCUT2D eigenvalue weighted by atomic mass is 9.77. The molecule has 0 spiro atoms. The summed E-state index contributed by atoms with van der Waals surface area (Å²) in [7, 11) is 3.33. The molecule has 0 saturated heterocycles. The molecule has 1 heterocycles. The molecule has 1 fully saturated rings. The van der Waals surface area contributed by atoms with E-state index in [-0.39, 0.29) is 29.0 Å². The van der Waals surface area contributed by atoms with Crippen LogP contribution in [0, 0.1) is 19.8 Å². The van der Waals surface area contributed by atoms with Crippen molar-refractivity contribution in [3.05, 3.63) is 52.3 Å². The summed E-state index contributed by atoms with van der Waals surface area (Å²) >= 11 is 0. The lowest BCUT2D eigenvalue weighted by Crippen LogP contribution is -2.38. The zero-order chi connectivity index (χ0) is 30.9. The van der Waals surface area contributed by atoms with Crippen molar-refractivity contribution < 1.29 is 27.8 Å². The van der Waals surface area contributed by atoms with Crippen LogP contribution in [-0.4, -0.2) is 52.7 Å². The first-order valence-electron chi connectivity index (χ1n) is 14.2. The van der Waals surface area contributed by atoms with Crippen molar-refractivity contribution in [1.82, 2.24) is 14.9 Å². The number of anilines is 2. The number of rotatable bonds is 8. The van der Waals surface area contributed by atoms with Crippen LogP contribution in [0.15, 0.2) is 24.3 Å². The first-order valence-corrected chi connectivity index (χ1v) is 14.2. The molecule has 11 heteroatoms. The van der Waals surface area contributed by atoms with Crippen molar-refractivity contribution >= 4 is 28.3 Å². The summed E-state index contributed by atoms with van der Waals surface area (Å²) in [6.07, 6.45) is -2.09. The number of amides is 1. The molecule has 4 N–H and O–H groups in total. The highest BCUT2D eigenvalue weighted by Crippen LogP contribution is 2.43. The number of benzene rings is 2. The lowest BCUT2D eigenvalue weighted by Gasteiger charge is -2.32. The fourth-order valence-electron chi connectivity index (χ4n) is 6.13. The maximum absolute atomic E-state index is 13.7. The molecule has 8 nitrogen and oxygen atoms in total. The molecule has 0 radical (unpaired) electrons. The van der Waals surface area contributed by atoms with Crippen LogP contribution in [0.25, 0.3) is 10.9 Å². The minimum Gasteiger partial charge on any atom is -0.496 e. The number of halogens is 3. The maximum atomic E-state index is 13.7. The molecule has 1 aromatic heterocycles. The number of fused-ring (bicyclic) bond motifs is 1. The Balaban J connectivity index is 1.65. The van der Waals surface area contributed by atoms with Gasteiger partial charge in [-0.1, -0.05) is 0 Å². The fourth-order valence-corrected chi connectivity index (χ4v) is 6.13. The van der Waals surface area contributed by atoms with Gasteiger partial charge in [0.25, 0.3) is 0 Å². The van der Waals surface area contributed by atoms with E-state index >= 15 is 0 Å². The molecule has 1 saturated carbocycles. The number of methoxy groups -OCH3 is 1. The highest BCUT2D eigenvalue weighted by Gasteiger charge is 2.34. The summed E-state index contributed by atoms with van der Waals surface area (Å²) in [5.41, 5.74) is 7.33. The third-order valence-electron chi connectivity index (χ3n) is 8.18. The third-order valence-corrected chi connectivity index (χ3v) is 8.18. The Morgan fingerprint density at radius 2 is 1.81 bits per heavy atom. The Kier molecular flexibility index (Phi) is 9.20. The monoisotopic (exact) mass is 587 g/mol. The highest BCUT2D eigenvalue weighted by molar-refractivity contribution is 5.91. The number of hydrogen-bond acceptors (Lipinski definition) is 7. The second-order valence-electron chi connectivity index (χ2n) is 11.5. The van der Waals surface area contributed by atoms with Gasteiger partial charge in [0.15, 0.2) is 0 Å². The van der Waals surface area contributed by atoms with Crippen molar-refractivity contribution in [2.75, 3.05) is 31.8 Å². The van der Waals surface area contributed by atoms with E-state index in [1.54, 1.807) is 45.9 Å². The van der Waals surface area contributed by atoms with Crippen LogP contribution in [0.2, 0.25) is 0 Å². The standard InChI is InChI=1S/C31H40F3N5O3/c1-16(40)15-39(5)30(41)21-9-7-20(8-10-21)24-13-25-27(14-28(24)42-6)37-19(4)38-29(25)36-18(3)23-11-22(35)12-26(17(23)2)31(32,33)34/h11-14,16,18,20-21,40H,7-10,15,35H2,1-6H3,(H,36,37,38)/t16-,18-,20?,21?/m1/s1. The smallest absolute Gasteiger partial charge is 0.416 e. The quantitative estimate of drug-likeness (QED) is 0.271. The Hall–Kier alpha value is -3.60. The van der Waals surface area contributed by atoms with E-state index in [1.165, 1.54) is 6.92 Å². The zero-order valence-electron chi connectivity index (χ0n) is 25.0. The number of hydrogen-bond donors (Lipinski definition) is 3. The molecule has 4 rings (SSSR count). The number of nitrogens with zero attached hydrogens (tertiary/aromatic N) is 3. The average molecular weight is 588 g/mol. The molecule has 1 aliphatic carbocycles. The largest absolute Gasteiger partial charge is 0.496 e. The molecular formula is C31H40F3N5O3. The molecule has 0 bridgehead atoms. The fraction of sp³-hybridized carbons (Fsp3) is 0.516. The minimum atomic E-state index is -4.52. The van der Waals surface area contributed by atoms with Crippen LogP contribution >= 0.6 is 0 Å². The highest BCUT2D eigenvalue weighted by atomic mass is 19.4. The van der Waals surface area contributed by atoms with Crippen LogP contribution in [-0.2, 0) is 11.0 Å². The summed E-state index contributed by atoms with van der Waals surface area (Å²) in [5, 5.41) is 13.7. The minimum absolute atomic E-state index is 0.0403. The van der Waals surface area contributed by atoms with Crippen molar-refractivity contribution in [2.24, 2.45) is 5.92 Å². The number of likely N-dealkylation sites (N-methyl/N-ethyl adjacent to an activating group) is 1. The lowest BCUT2D eigenvalue weighted by molar-refractivity contribution is -0.138. The molecule has 0 unspecified atom stereocenters. The van der Waals surface area contributed by atoms with E-state index in [2.05, 4.69) is 15.3 Å². The van der Waals surface area contributed by atoms with E-state index in [1.807, 2.05) is 12.1 Å². The number of aromatic nitrogens is 2. The number of alkyl halides is 3. The van der Waals surface area contributed by atoms with Gasteiger partial charge >= 0.3 is 6.18 Å². The molecule has 1 aliphatic rings. The Morgan fingerprint density at radius 1 is 1.14 bits per heavy atom. The summed E-state index contributed by atoms with van der Waals surface area (Å²) in [6, 6.07) is 5.86. The van der Waals surface area contributed by atoms with Gasteiger partial charge in [0.1, 0.15) is 17.4 Å². The van der Waals surface area contributed by atoms with Crippen LogP contribution in [0.4, 0.5) is 24.7 Å². The number of ether oxygens (including phenoxy) is 1. The molecule has 0 aliphatic heterocycles. The van der Waals surface area contributed by atoms with Crippen LogP contribution in [0.1, 0.15) is 79.6 Å². The van der Waals surface area contributed by atoms with E-state index in [0.29, 0.717) is 35.0 Å². The van der Waals surface area contributed by atoms with Gasteiger partial charge in [0, 0.05) is 36.7 Å². The molecule has 42 heavy (non-hydrogen) atoms. The normalized spacial score (nSPS) is 18.9. The topological polar surface area (TPSA) is 114 Å². The van der Waals surface area contributed by atoms with Crippen molar-refractivity contribution in [3.63, 3.8) is 0 Å². The van der Waals surface area contributed by atoms with Gasteiger partial charge in [-0.15, -0.1) is 0 Å². The van der Waals surface area contributed by atoms with E-state index in [9.17, 15) is 23.1 Å². The molecule has 2 aromatic carbocycles. The molecule has 228 valence electrons. The maximum Gasteiger partial charge on any atom is 0.416 e. The van der Waals surface area contributed by atoms with Crippen LogP contribution < -0.4 is 15.8 Å². The van der Waals surface area contributed by atoms with Gasteiger partial charge in [0.05, 0.1) is 30.3 Å². The van der Waals surface area contributed by atoms with Gasteiger partial charge in [0.2, 0.25) is 5.91 Å². The van der Waals surface area contributed by atoms with Crippen molar-refractivity contribution in [1.29, 1.82) is 0 Å². The second kappa shape index (κ2) is 12.3. The Morgan fingerprint density at radius 3 is 2.40 bits per heavy atom. The first kappa shape index (κ1) is 31.3. The third kappa shape index (κ3) is 6.72. The Bertz CT molecular complexity index is 1450. The predicted octanol–water partition coefficient (Wildman–Crippen LogP) is 6.14. The SMILES string of the molecule is COc1cc2nc(C)nc(N[C@H](C)c3cc(N)cc(C(F)(F)F)c3C)c2cc1C1CCC(C(=O)N(C)C[C@@H](C)O)CC1. The Labute approximate surface area is 244 Å². The number of carbonyl (C=O) groups excluding carboxylic acids is 1. The molecule has 3 aromatic rings. The van der Waals surface area contributed by atoms with E-state index in [0.717, 1.165) is 42.7 Å². The number of carbonyl (C=O) groups is 1. The summed E-state index contributed by atoms with van der Waals surface area (Å²) in [5.74, 6) is 1.81. The van der Waals surface area contributed by atoms with Gasteiger partial charge in [-0.05, 0) is 94.2 Å². The van der Waals surface area contributed by atoms with Gasteiger partial charge in [-0.2, -0.15) is 13.2 Å². The van der Waals surface area contributed by atoms with E-state index in [4.69, 9.17) is 10.5 Å². The van der Waals surface area contributed by atoms with Crippen molar-refractivity contribution in [3.8, 4) is 5.75 Å². The molecule has 1 amide bonds. The second-order valence-corrected chi connectivity index (χ2v) is 11.5. The van der Waals surface area contributed by atoms with Gasteiger partial charge in [-0.25, -0.2) is 9.97 Å².